The Morgan fingerprint density at radius 1 is 1.44 bits per heavy atom. The van der Waals surface area contributed by atoms with Gasteiger partial charge < -0.3 is 15.0 Å². The van der Waals surface area contributed by atoms with Gasteiger partial charge in [-0.3, -0.25) is 4.79 Å². The van der Waals surface area contributed by atoms with Crippen molar-refractivity contribution in [2.24, 2.45) is 5.92 Å². The molecule has 0 aromatic rings. The maximum absolute atomic E-state index is 12.0. The summed E-state index contributed by atoms with van der Waals surface area (Å²) >= 11 is 0. The maximum atomic E-state index is 12.0. The van der Waals surface area contributed by atoms with Crippen molar-refractivity contribution in [2.75, 3.05) is 33.8 Å². The lowest BCUT2D eigenvalue weighted by atomic mass is 9.77. The van der Waals surface area contributed by atoms with Gasteiger partial charge in [0.2, 0.25) is 0 Å². The average Bonchev–Trinajstić information content (AvgIpc) is 2.79. The van der Waals surface area contributed by atoms with Crippen LogP contribution in [-0.4, -0.2) is 50.2 Å². The maximum Gasteiger partial charge on any atom is 0.326 e. The number of methoxy groups -OCH3 is 1. The van der Waals surface area contributed by atoms with Crippen LogP contribution in [0.15, 0.2) is 0 Å². The smallest absolute Gasteiger partial charge is 0.326 e. The van der Waals surface area contributed by atoms with Crippen LogP contribution in [-0.2, 0) is 9.53 Å². The van der Waals surface area contributed by atoms with E-state index in [1.54, 1.807) is 0 Å². The Morgan fingerprint density at radius 3 is 2.62 bits per heavy atom. The summed E-state index contributed by atoms with van der Waals surface area (Å²) in [4.78, 5) is 14.3. The Bertz CT molecular complexity index is 254. The van der Waals surface area contributed by atoms with Crippen molar-refractivity contribution in [3.8, 4) is 0 Å². The molecule has 2 aliphatic rings. The van der Waals surface area contributed by atoms with Crippen molar-refractivity contribution >= 4 is 5.97 Å². The summed E-state index contributed by atoms with van der Waals surface area (Å²) in [6.07, 6.45) is 4.21. The van der Waals surface area contributed by atoms with Crippen molar-refractivity contribution in [3.05, 3.63) is 0 Å². The molecule has 0 spiro atoms. The third-order valence-corrected chi connectivity index (χ3v) is 4.15. The largest absolute Gasteiger partial charge is 0.468 e. The van der Waals surface area contributed by atoms with Gasteiger partial charge in [-0.1, -0.05) is 0 Å². The fraction of sp³-hybridized carbons (Fsp3) is 0.917. The van der Waals surface area contributed by atoms with E-state index in [-0.39, 0.29) is 11.5 Å². The van der Waals surface area contributed by atoms with Gasteiger partial charge in [-0.25, -0.2) is 0 Å². The van der Waals surface area contributed by atoms with Gasteiger partial charge in [0.05, 0.1) is 7.11 Å². The van der Waals surface area contributed by atoms with E-state index in [4.69, 9.17) is 4.74 Å². The Labute approximate surface area is 97.3 Å². The van der Waals surface area contributed by atoms with E-state index in [0.29, 0.717) is 5.92 Å². The molecule has 0 radical (unpaired) electrons. The number of hydrogen-bond donors (Lipinski definition) is 1. The number of piperidine rings is 1. The highest BCUT2D eigenvalue weighted by molar-refractivity contribution is 5.81. The summed E-state index contributed by atoms with van der Waals surface area (Å²) in [6, 6.07) is 0. The number of ether oxygens (including phenoxy) is 1. The molecule has 4 heteroatoms. The first kappa shape index (κ1) is 11.9. The third-order valence-electron chi connectivity index (χ3n) is 4.15. The topological polar surface area (TPSA) is 41.6 Å². The molecular formula is C12H22N2O2. The minimum atomic E-state index is -0.379. The van der Waals surface area contributed by atoms with E-state index < -0.39 is 0 Å². The van der Waals surface area contributed by atoms with Crippen LogP contribution >= 0.6 is 0 Å². The van der Waals surface area contributed by atoms with Crippen LogP contribution in [0.5, 0.6) is 0 Å². The van der Waals surface area contributed by atoms with E-state index in [1.165, 1.54) is 7.11 Å². The molecule has 0 saturated carbocycles. The molecule has 2 saturated heterocycles. The second kappa shape index (κ2) is 4.72. The lowest BCUT2D eigenvalue weighted by Gasteiger charge is -2.39. The summed E-state index contributed by atoms with van der Waals surface area (Å²) in [5, 5.41) is 3.41. The Kier molecular flexibility index (Phi) is 3.50. The summed E-state index contributed by atoms with van der Waals surface area (Å²) in [5.74, 6) is 0.387. The summed E-state index contributed by atoms with van der Waals surface area (Å²) in [5.41, 5.74) is -0.379. The van der Waals surface area contributed by atoms with Gasteiger partial charge in [0.25, 0.3) is 0 Å². The third kappa shape index (κ3) is 1.96. The van der Waals surface area contributed by atoms with E-state index in [9.17, 15) is 4.79 Å². The van der Waals surface area contributed by atoms with Crippen LogP contribution in [0.1, 0.15) is 25.7 Å². The molecule has 1 atom stereocenters. The van der Waals surface area contributed by atoms with E-state index >= 15 is 0 Å². The molecule has 2 fully saturated rings. The van der Waals surface area contributed by atoms with Crippen LogP contribution < -0.4 is 5.32 Å². The predicted octanol–water partition coefficient (Wildman–Crippen LogP) is 0.623. The first-order valence-electron chi connectivity index (χ1n) is 6.21. The normalized spacial score (nSPS) is 32.9. The second-order valence-electron chi connectivity index (χ2n) is 5.07. The molecule has 92 valence electrons. The molecule has 0 aromatic heterocycles. The SMILES string of the molecule is COC(=O)C1(C2CCN(C)CC2)CCCN1. The zero-order valence-corrected chi connectivity index (χ0v) is 10.3. The molecule has 4 nitrogen and oxygen atoms in total. The van der Waals surface area contributed by atoms with Crippen molar-refractivity contribution in [2.45, 2.75) is 31.2 Å². The number of carbonyl (C=O) groups excluding carboxylic acids is 1. The van der Waals surface area contributed by atoms with Gasteiger partial charge in [-0.2, -0.15) is 0 Å². The van der Waals surface area contributed by atoms with Gasteiger partial charge >= 0.3 is 5.97 Å². The summed E-state index contributed by atoms with van der Waals surface area (Å²) in [6.45, 7) is 3.12. The minimum absolute atomic E-state index is 0.0560. The van der Waals surface area contributed by atoms with Gasteiger partial charge in [0.15, 0.2) is 0 Å². The van der Waals surface area contributed by atoms with Gasteiger partial charge in [-0.05, 0) is 58.3 Å². The first-order chi connectivity index (χ1) is 7.69. The molecule has 16 heavy (non-hydrogen) atoms. The summed E-state index contributed by atoms with van der Waals surface area (Å²) in [7, 11) is 3.64. The number of hydrogen-bond acceptors (Lipinski definition) is 4. The number of carbonyl (C=O) groups is 1. The highest BCUT2D eigenvalue weighted by atomic mass is 16.5. The van der Waals surface area contributed by atoms with E-state index in [1.807, 2.05) is 0 Å². The molecule has 2 heterocycles. The molecule has 1 unspecified atom stereocenters. The molecule has 2 aliphatic heterocycles. The number of esters is 1. The molecular weight excluding hydrogens is 204 g/mol. The molecule has 0 amide bonds. The monoisotopic (exact) mass is 226 g/mol. The lowest BCUT2D eigenvalue weighted by Crippen LogP contribution is -2.56. The Balaban J connectivity index is 2.10. The Hall–Kier alpha value is -0.610. The second-order valence-corrected chi connectivity index (χ2v) is 5.07. The molecule has 2 rings (SSSR count). The van der Waals surface area contributed by atoms with Crippen LogP contribution in [0.25, 0.3) is 0 Å². The zero-order valence-electron chi connectivity index (χ0n) is 10.3. The van der Waals surface area contributed by atoms with Crippen molar-refractivity contribution in [1.82, 2.24) is 10.2 Å². The lowest BCUT2D eigenvalue weighted by molar-refractivity contribution is -0.151. The van der Waals surface area contributed by atoms with Crippen molar-refractivity contribution < 1.29 is 9.53 Å². The van der Waals surface area contributed by atoms with Crippen LogP contribution in [0, 0.1) is 5.92 Å². The fourth-order valence-corrected chi connectivity index (χ4v) is 3.14. The van der Waals surface area contributed by atoms with E-state index in [2.05, 4.69) is 17.3 Å². The molecule has 0 aliphatic carbocycles. The first-order valence-corrected chi connectivity index (χ1v) is 6.21. The number of nitrogens with one attached hydrogen (secondary N) is 1. The van der Waals surface area contributed by atoms with Gasteiger partial charge in [-0.15, -0.1) is 0 Å². The van der Waals surface area contributed by atoms with Gasteiger partial charge in [0.1, 0.15) is 5.54 Å². The number of likely N-dealkylation sites (tertiary alicyclic amines) is 1. The average molecular weight is 226 g/mol. The predicted molar refractivity (Wildman–Crippen MR) is 62.2 cm³/mol. The van der Waals surface area contributed by atoms with Crippen LogP contribution in [0.2, 0.25) is 0 Å². The highest BCUT2D eigenvalue weighted by Crippen LogP contribution is 2.35. The van der Waals surface area contributed by atoms with Gasteiger partial charge in [0, 0.05) is 0 Å². The van der Waals surface area contributed by atoms with Crippen molar-refractivity contribution in [3.63, 3.8) is 0 Å². The van der Waals surface area contributed by atoms with Crippen molar-refractivity contribution in [1.29, 1.82) is 0 Å². The van der Waals surface area contributed by atoms with E-state index in [0.717, 1.165) is 45.3 Å². The minimum Gasteiger partial charge on any atom is -0.468 e. The van der Waals surface area contributed by atoms with Crippen LogP contribution in [0.3, 0.4) is 0 Å². The molecule has 1 N–H and O–H groups in total. The Morgan fingerprint density at radius 2 is 2.12 bits per heavy atom. The molecule has 0 aromatic carbocycles. The number of rotatable bonds is 2. The standard InChI is InChI=1S/C12H22N2O2/c1-14-8-4-10(5-9-14)12(11(15)16-2)6-3-7-13-12/h10,13H,3-9H2,1-2H3. The quantitative estimate of drug-likeness (QED) is 0.701. The zero-order chi connectivity index (χ0) is 11.6. The number of nitrogens with zero attached hydrogens (tertiary/aromatic N) is 1. The highest BCUT2D eigenvalue weighted by Gasteiger charge is 2.48. The summed E-state index contributed by atoms with van der Waals surface area (Å²) < 4.78 is 5.00. The van der Waals surface area contributed by atoms with Crippen LogP contribution in [0.4, 0.5) is 0 Å². The fourth-order valence-electron chi connectivity index (χ4n) is 3.14. The molecule has 0 bridgehead atoms.